The summed E-state index contributed by atoms with van der Waals surface area (Å²) < 4.78 is 22.4. The third-order valence-corrected chi connectivity index (χ3v) is 5.85. The van der Waals surface area contributed by atoms with Crippen molar-refractivity contribution >= 4 is 0 Å². The predicted octanol–water partition coefficient (Wildman–Crippen LogP) is 5.22. The third-order valence-electron chi connectivity index (χ3n) is 5.85. The number of rotatable bonds is 5. The van der Waals surface area contributed by atoms with Gasteiger partial charge in [0.1, 0.15) is 13.2 Å². The van der Waals surface area contributed by atoms with Crippen molar-refractivity contribution in [2.24, 2.45) is 0 Å². The summed E-state index contributed by atoms with van der Waals surface area (Å²) in [6.45, 7) is 10.8. The third kappa shape index (κ3) is 3.58. The first-order valence-corrected chi connectivity index (χ1v) is 9.65. The molecule has 0 aromatic heterocycles. The van der Waals surface area contributed by atoms with Gasteiger partial charge in [0.2, 0.25) is 6.79 Å². The van der Waals surface area contributed by atoms with Gasteiger partial charge in [-0.05, 0) is 59.1 Å². The van der Waals surface area contributed by atoms with E-state index in [1.165, 1.54) is 11.1 Å². The Labute approximate surface area is 161 Å². The molecule has 144 valence electrons. The second-order valence-electron chi connectivity index (χ2n) is 8.69. The molecule has 2 aromatic carbocycles. The zero-order valence-corrected chi connectivity index (χ0v) is 16.6. The van der Waals surface area contributed by atoms with Gasteiger partial charge in [0.05, 0.1) is 0 Å². The van der Waals surface area contributed by atoms with Crippen molar-refractivity contribution in [2.75, 3.05) is 20.0 Å². The molecule has 0 atom stereocenters. The molecule has 4 nitrogen and oxygen atoms in total. The number of hydrogen-bond donors (Lipinski definition) is 0. The maximum absolute atomic E-state index is 5.77. The Morgan fingerprint density at radius 2 is 1.07 bits per heavy atom. The average Bonchev–Trinajstić information content (AvgIpc) is 3.14. The van der Waals surface area contributed by atoms with Crippen molar-refractivity contribution < 1.29 is 18.9 Å². The molecule has 4 heteroatoms. The molecule has 0 spiro atoms. The summed E-state index contributed by atoms with van der Waals surface area (Å²) in [7, 11) is 0. The van der Waals surface area contributed by atoms with Gasteiger partial charge in [-0.3, -0.25) is 0 Å². The van der Waals surface area contributed by atoms with Crippen molar-refractivity contribution in [3.05, 3.63) is 47.5 Å². The van der Waals surface area contributed by atoms with E-state index in [2.05, 4.69) is 52.0 Å². The molecule has 0 amide bonds. The Hall–Kier alpha value is -2.36. The van der Waals surface area contributed by atoms with Gasteiger partial charge in [-0.15, -0.1) is 0 Å². The SMILES string of the molecule is CC(C)(CCC(C)(C)c1ccc2c(c1)OCO2)c1ccc2c(c1)OCCO2. The molecule has 4 rings (SSSR count). The molecule has 0 unspecified atom stereocenters. The summed E-state index contributed by atoms with van der Waals surface area (Å²) in [5.74, 6) is 3.40. The highest BCUT2D eigenvalue weighted by Crippen LogP contribution is 2.42. The lowest BCUT2D eigenvalue weighted by Gasteiger charge is -2.33. The Morgan fingerprint density at radius 3 is 1.67 bits per heavy atom. The van der Waals surface area contributed by atoms with Gasteiger partial charge in [-0.1, -0.05) is 39.8 Å². The molecule has 0 N–H and O–H groups in total. The van der Waals surface area contributed by atoms with Crippen LogP contribution in [-0.2, 0) is 10.8 Å². The largest absolute Gasteiger partial charge is 0.486 e. The first-order chi connectivity index (χ1) is 12.9. The van der Waals surface area contributed by atoms with E-state index in [-0.39, 0.29) is 10.8 Å². The van der Waals surface area contributed by atoms with Gasteiger partial charge < -0.3 is 18.9 Å². The molecule has 0 aliphatic carbocycles. The van der Waals surface area contributed by atoms with E-state index in [0.717, 1.165) is 35.8 Å². The van der Waals surface area contributed by atoms with Crippen molar-refractivity contribution in [2.45, 2.75) is 51.4 Å². The van der Waals surface area contributed by atoms with E-state index < -0.39 is 0 Å². The van der Waals surface area contributed by atoms with E-state index in [1.807, 2.05) is 12.1 Å². The zero-order chi connectivity index (χ0) is 19.1. The lowest BCUT2D eigenvalue weighted by atomic mass is 9.72. The van der Waals surface area contributed by atoms with Crippen LogP contribution in [0.1, 0.15) is 51.7 Å². The smallest absolute Gasteiger partial charge is 0.231 e. The Balaban J connectivity index is 1.49. The lowest BCUT2D eigenvalue weighted by Crippen LogP contribution is -2.25. The van der Waals surface area contributed by atoms with E-state index >= 15 is 0 Å². The van der Waals surface area contributed by atoms with Crippen molar-refractivity contribution in [1.29, 1.82) is 0 Å². The number of fused-ring (bicyclic) bond motifs is 2. The lowest BCUT2D eigenvalue weighted by molar-refractivity contribution is 0.171. The summed E-state index contributed by atoms with van der Waals surface area (Å²) in [6, 6.07) is 12.6. The second-order valence-corrected chi connectivity index (χ2v) is 8.69. The van der Waals surface area contributed by atoms with Crippen molar-refractivity contribution in [3.63, 3.8) is 0 Å². The maximum atomic E-state index is 5.77. The first-order valence-electron chi connectivity index (χ1n) is 9.65. The molecule has 27 heavy (non-hydrogen) atoms. The molecule has 2 aromatic rings. The van der Waals surface area contributed by atoms with Crippen LogP contribution in [-0.4, -0.2) is 20.0 Å². The maximum Gasteiger partial charge on any atom is 0.231 e. The number of hydrogen-bond acceptors (Lipinski definition) is 4. The minimum Gasteiger partial charge on any atom is -0.486 e. The second kappa shape index (κ2) is 6.66. The monoisotopic (exact) mass is 368 g/mol. The van der Waals surface area contributed by atoms with Crippen LogP contribution in [0.15, 0.2) is 36.4 Å². The van der Waals surface area contributed by atoms with Crippen LogP contribution >= 0.6 is 0 Å². The van der Waals surface area contributed by atoms with Crippen LogP contribution < -0.4 is 18.9 Å². The minimum absolute atomic E-state index is 0.0451. The highest BCUT2D eigenvalue weighted by atomic mass is 16.7. The van der Waals surface area contributed by atoms with Crippen LogP contribution in [0.2, 0.25) is 0 Å². The minimum atomic E-state index is 0.0451. The number of benzene rings is 2. The highest BCUT2D eigenvalue weighted by molar-refractivity contribution is 5.47. The summed E-state index contributed by atoms with van der Waals surface area (Å²) in [4.78, 5) is 0. The highest BCUT2D eigenvalue weighted by Gasteiger charge is 2.29. The van der Waals surface area contributed by atoms with E-state index in [1.54, 1.807) is 0 Å². The fourth-order valence-electron chi connectivity index (χ4n) is 3.70. The molecule has 0 bridgehead atoms. The standard InChI is InChI=1S/C23H28O4/c1-22(2,16-5-7-18-20(13-16)25-12-11-24-18)9-10-23(3,4)17-6-8-19-21(14-17)27-15-26-19/h5-8,13-14H,9-12,15H2,1-4H3. The molecule has 2 aliphatic rings. The Bertz CT molecular complexity index is 838. The summed E-state index contributed by atoms with van der Waals surface area (Å²) in [5.41, 5.74) is 2.66. The summed E-state index contributed by atoms with van der Waals surface area (Å²) in [5, 5.41) is 0. The van der Waals surface area contributed by atoms with Crippen molar-refractivity contribution in [3.8, 4) is 23.0 Å². The van der Waals surface area contributed by atoms with Crippen LogP contribution in [0.3, 0.4) is 0 Å². The molecule has 0 radical (unpaired) electrons. The van der Waals surface area contributed by atoms with Gasteiger partial charge in [-0.2, -0.15) is 0 Å². The van der Waals surface area contributed by atoms with Gasteiger partial charge >= 0.3 is 0 Å². The summed E-state index contributed by atoms with van der Waals surface area (Å²) in [6.07, 6.45) is 2.13. The topological polar surface area (TPSA) is 36.9 Å². The van der Waals surface area contributed by atoms with E-state index in [0.29, 0.717) is 20.0 Å². The molecule has 2 aliphatic heterocycles. The molecular weight excluding hydrogens is 340 g/mol. The molecule has 0 saturated heterocycles. The van der Waals surface area contributed by atoms with Gasteiger partial charge in [0, 0.05) is 0 Å². The first kappa shape index (κ1) is 18.0. The van der Waals surface area contributed by atoms with Crippen LogP contribution in [0, 0.1) is 0 Å². The van der Waals surface area contributed by atoms with Gasteiger partial charge in [0.15, 0.2) is 23.0 Å². The van der Waals surface area contributed by atoms with Crippen molar-refractivity contribution in [1.82, 2.24) is 0 Å². The average molecular weight is 368 g/mol. The van der Waals surface area contributed by atoms with Crippen LogP contribution in [0.5, 0.6) is 23.0 Å². The zero-order valence-electron chi connectivity index (χ0n) is 16.6. The van der Waals surface area contributed by atoms with E-state index in [9.17, 15) is 0 Å². The normalized spacial score (nSPS) is 15.7. The van der Waals surface area contributed by atoms with Crippen LogP contribution in [0.4, 0.5) is 0 Å². The Morgan fingerprint density at radius 1 is 0.630 bits per heavy atom. The quantitative estimate of drug-likeness (QED) is 0.725. The predicted molar refractivity (Wildman–Crippen MR) is 105 cm³/mol. The van der Waals surface area contributed by atoms with Gasteiger partial charge in [0.25, 0.3) is 0 Å². The molecule has 0 saturated carbocycles. The van der Waals surface area contributed by atoms with Crippen LogP contribution in [0.25, 0.3) is 0 Å². The summed E-state index contributed by atoms with van der Waals surface area (Å²) >= 11 is 0. The number of ether oxygens (including phenoxy) is 4. The molecule has 2 heterocycles. The van der Waals surface area contributed by atoms with E-state index in [4.69, 9.17) is 18.9 Å². The van der Waals surface area contributed by atoms with Gasteiger partial charge in [-0.25, -0.2) is 0 Å². The fraction of sp³-hybridized carbons (Fsp3) is 0.478. The Kier molecular flexibility index (Phi) is 4.45. The molecular formula is C23H28O4. The molecule has 0 fully saturated rings. The fourth-order valence-corrected chi connectivity index (χ4v) is 3.70.